The second kappa shape index (κ2) is 8.28. The number of hydrogen-bond donors (Lipinski definition) is 1. The van der Waals surface area contributed by atoms with E-state index in [1.54, 1.807) is 0 Å². The standard InChI is InChI=1S/C19H19ClN2O5S/c1-3-10-4-6-12-15(8-10)28-18(16(12)19(24)27-2)21-17(23)13-9-11(20)5-7-14(13)22(25)26/h5,7,9-10H,3-4,6,8H2,1-2H3,(H,21,23). The smallest absolute Gasteiger partial charge is 0.341 e. The highest BCUT2D eigenvalue weighted by Crippen LogP contribution is 2.41. The van der Waals surface area contributed by atoms with Gasteiger partial charge in [0.2, 0.25) is 0 Å². The number of amides is 1. The van der Waals surface area contributed by atoms with Crippen LogP contribution in [0.1, 0.15) is 50.9 Å². The Balaban J connectivity index is 2.00. The first-order valence-electron chi connectivity index (χ1n) is 8.83. The number of nitro benzene ring substituents is 1. The van der Waals surface area contributed by atoms with Crippen LogP contribution in [0.2, 0.25) is 5.02 Å². The van der Waals surface area contributed by atoms with Gasteiger partial charge in [0.05, 0.1) is 17.6 Å². The van der Waals surface area contributed by atoms with Crippen LogP contribution in [0.3, 0.4) is 0 Å². The minimum absolute atomic E-state index is 0.161. The Hall–Kier alpha value is -2.45. The number of halogens is 1. The molecule has 0 spiro atoms. The summed E-state index contributed by atoms with van der Waals surface area (Å²) in [4.78, 5) is 36.8. The first-order valence-corrected chi connectivity index (χ1v) is 10.0. The summed E-state index contributed by atoms with van der Waals surface area (Å²) in [5, 5.41) is 14.5. The lowest BCUT2D eigenvalue weighted by atomic mass is 9.85. The molecule has 9 heteroatoms. The Labute approximate surface area is 170 Å². The predicted octanol–water partition coefficient (Wildman–Crippen LogP) is 4.86. The third kappa shape index (κ3) is 3.88. The number of benzene rings is 1. The van der Waals surface area contributed by atoms with Crippen LogP contribution >= 0.6 is 22.9 Å². The van der Waals surface area contributed by atoms with Gasteiger partial charge in [-0.1, -0.05) is 24.9 Å². The molecule has 0 radical (unpaired) electrons. The molecule has 2 aromatic rings. The molecular weight excluding hydrogens is 404 g/mol. The first-order chi connectivity index (χ1) is 13.3. The van der Waals surface area contributed by atoms with Crippen molar-refractivity contribution in [2.24, 2.45) is 5.92 Å². The molecule has 1 aliphatic carbocycles. The molecule has 1 aliphatic rings. The lowest BCUT2D eigenvalue weighted by Gasteiger charge is -2.20. The van der Waals surface area contributed by atoms with Crippen molar-refractivity contribution in [3.8, 4) is 0 Å². The van der Waals surface area contributed by atoms with Crippen molar-refractivity contribution < 1.29 is 19.2 Å². The van der Waals surface area contributed by atoms with Gasteiger partial charge in [0, 0.05) is 16.0 Å². The van der Waals surface area contributed by atoms with E-state index in [4.69, 9.17) is 16.3 Å². The highest BCUT2D eigenvalue weighted by atomic mass is 35.5. The molecular formula is C19H19ClN2O5S. The van der Waals surface area contributed by atoms with E-state index >= 15 is 0 Å². The van der Waals surface area contributed by atoms with E-state index in [2.05, 4.69) is 12.2 Å². The molecule has 0 saturated heterocycles. The molecule has 1 amide bonds. The van der Waals surface area contributed by atoms with Crippen molar-refractivity contribution in [2.75, 3.05) is 12.4 Å². The second-order valence-electron chi connectivity index (χ2n) is 6.59. The molecule has 1 aromatic heterocycles. The number of fused-ring (bicyclic) bond motifs is 1. The Morgan fingerprint density at radius 2 is 2.18 bits per heavy atom. The lowest BCUT2D eigenvalue weighted by Crippen LogP contribution is -2.17. The number of methoxy groups -OCH3 is 1. The SMILES string of the molecule is CCC1CCc2c(sc(NC(=O)c3cc(Cl)ccc3[N+](=O)[O-])c2C(=O)OC)C1. The summed E-state index contributed by atoms with van der Waals surface area (Å²) in [5.74, 6) is -0.678. The van der Waals surface area contributed by atoms with E-state index in [0.717, 1.165) is 36.1 Å². The lowest BCUT2D eigenvalue weighted by molar-refractivity contribution is -0.385. The molecule has 1 atom stereocenters. The van der Waals surface area contributed by atoms with Crippen molar-refractivity contribution in [3.05, 3.63) is 54.9 Å². The van der Waals surface area contributed by atoms with Crippen LogP contribution in [-0.2, 0) is 17.6 Å². The second-order valence-corrected chi connectivity index (χ2v) is 8.13. The molecule has 1 heterocycles. The van der Waals surface area contributed by atoms with Crippen molar-refractivity contribution in [3.63, 3.8) is 0 Å². The molecule has 0 fully saturated rings. The largest absolute Gasteiger partial charge is 0.465 e. The number of carbonyl (C=O) groups is 2. The van der Waals surface area contributed by atoms with E-state index in [1.807, 2.05) is 0 Å². The van der Waals surface area contributed by atoms with Gasteiger partial charge in [0.25, 0.3) is 11.6 Å². The van der Waals surface area contributed by atoms with E-state index < -0.39 is 16.8 Å². The first kappa shape index (κ1) is 20.3. The number of ether oxygens (including phenoxy) is 1. The average molecular weight is 423 g/mol. The predicted molar refractivity (Wildman–Crippen MR) is 108 cm³/mol. The quantitative estimate of drug-likeness (QED) is 0.421. The van der Waals surface area contributed by atoms with Gasteiger partial charge >= 0.3 is 5.97 Å². The summed E-state index contributed by atoms with van der Waals surface area (Å²) in [7, 11) is 1.29. The molecule has 1 aromatic carbocycles. The van der Waals surface area contributed by atoms with E-state index in [9.17, 15) is 19.7 Å². The minimum Gasteiger partial charge on any atom is -0.465 e. The van der Waals surface area contributed by atoms with Crippen LogP contribution in [0.15, 0.2) is 18.2 Å². The average Bonchev–Trinajstić information content (AvgIpc) is 3.03. The summed E-state index contributed by atoms with van der Waals surface area (Å²) in [6.07, 6.45) is 3.59. The Morgan fingerprint density at radius 1 is 1.43 bits per heavy atom. The van der Waals surface area contributed by atoms with E-state index in [-0.39, 0.29) is 16.3 Å². The Bertz CT molecular complexity index is 956. The van der Waals surface area contributed by atoms with E-state index in [0.29, 0.717) is 16.5 Å². The molecule has 28 heavy (non-hydrogen) atoms. The highest BCUT2D eigenvalue weighted by Gasteiger charge is 2.30. The van der Waals surface area contributed by atoms with Crippen LogP contribution in [-0.4, -0.2) is 23.9 Å². The molecule has 3 rings (SSSR count). The zero-order chi connectivity index (χ0) is 20.4. The van der Waals surface area contributed by atoms with Crippen molar-refractivity contribution in [1.29, 1.82) is 0 Å². The van der Waals surface area contributed by atoms with Crippen molar-refractivity contribution in [1.82, 2.24) is 0 Å². The molecule has 0 saturated carbocycles. The van der Waals surface area contributed by atoms with E-state index in [1.165, 1.54) is 36.6 Å². The molecule has 7 nitrogen and oxygen atoms in total. The number of anilines is 1. The summed E-state index contributed by atoms with van der Waals surface area (Å²) in [6, 6.07) is 3.78. The Kier molecular flexibility index (Phi) is 6.00. The summed E-state index contributed by atoms with van der Waals surface area (Å²) in [6.45, 7) is 2.13. The van der Waals surface area contributed by atoms with Gasteiger partial charge in [-0.2, -0.15) is 0 Å². The van der Waals surface area contributed by atoms with Crippen LogP contribution in [0.5, 0.6) is 0 Å². The molecule has 148 valence electrons. The number of nitro groups is 1. The number of carbonyl (C=O) groups excluding carboxylic acids is 2. The maximum Gasteiger partial charge on any atom is 0.341 e. The maximum atomic E-state index is 12.8. The van der Waals surface area contributed by atoms with Gasteiger partial charge in [-0.3, -0.25) is 14.9 Å². The van der Waals surface area contributed by atoms with Crippen LogP contribution in [0.25, 0.3) is 0 Å². The van der Waals surface area contributed by atoms with Crippen LogP contribution in [0, 0.1) is 16.0 Å². The highest BCUT2D eigenvalue weighted by molar-refractivity contribution is 7.17. The van der Waals surface area contributed by atoms with Gasteiger partial charge < -0.3 is 10.1 Å². The number of nitrogens with zero attached hydrogens (tertiary/aromatic N) is 1. The summed E-state index contributed by atoms with van der Waals surface area (Å²) in [5.41, 5.74) is 0.729. The van der Waals surface area contributed by atoms with Crippen molar-refractivity contribution in [2.45, 2.75) is 32.6 Å². The zero-order valence-corrected chi connectivity index (χ0v) is 17.0. The number of esters is 1. The summed E-state index contributed by atoms with van der Waals surface area (Å²) < 4.78 is 4.91. The molecule has 1 N–H and O–H groups in total. The number of hydrogen-bond acceptors (Lipinski definition) is 6. The van der Waals surface area contributed by atoms with Gasteiger partial charge in [-0.05, 0) is 42.9 Å². The number of nitrogens with one attached hydrogen (secondary N) is 1. The van der Waals surface area contributed by atoms with Crippen LogP contribution < -0.4 is 5.32 Å². The number of rotatable bonds is 5. The van der Waals surface area contributed by atoms with Gasteiger partial charge in [-0.15, -0.1) is 11.3 Å². The third-order valence-corrected chi connectivity index (χ3v) is 6.37. The zero-order valence-electron chi connectivity index (χ0n) is 15.4. The summed E-state index contributed by atoms with van der Waals surface area (Å²) >= 11 is 7.24. The fourth-order valence-corrected chi connectivity index (χ4v) is 4.95. The van der Waals surface area contributed by atoms with Gasteiger partial charge in [0.15, 0.2) is 0 Å². The van der Waals surface area contributed by atoms with Crippen molar-refractivity contribution >= 4 is 45.5 Å². The minimum atomic E-state index is -0.690. The third-order valence-electron chi connectivity index (χ3n) is 4.96. The monoisotopic (exact) mass is 422 g/mol. The maximum absolute atomic E-state index is 12.8. The molecule has 0 aliphatic heterocycles. The topological polar surface area (TPSA) is 98.5 Å². The normalized spacial score (nSPS) is 15.6. The fourth-order valence-electron chi connectivity index (χ4n) is 3.43. The van der Waals surface area contributed by atoms with Gasteiger partial charge in [0.1, 0.15) is 10.6 Å². The number of thiophene rings is 1. The Morgan fingerprint density at radius 3 is 2.82 bits per heavy atom. The van der Waals surface area contributed by atoms with Crippen LogP contribution in [0.4, 0.5) is 10.7 Å². The fraction of sp³-hybridized carbons (Fsp3) is 0.368. The van der Waals surface area contributed by atoms with Gasteiger partial charge in [-0.25, -0.2) is 4.79 Å². The molecule has 1 unspecified atom stereocenters. The molecule has 0 bridgehead atoms.